The van der Waals surface area contributed by atoms with Crippen LogP contribution in [0.25, 0.3) is 10.2 Å². The Labute approximate surface area is 178 Å². The highest BCUT2D eigenvalue weighted by Crippen LogP contribution is 2.33. The van der Waals surface area contributed by atoms with Gasteiger partial charge in [0.25, 0.3) is 5.91 Å². The highest BCUT2D eigenvalue weighted by molar-refractivity contribution is 7.22. The summed E-state index contributed by atoms with van der Waals surface area (Å²) in [5.74, 6) is 0.930. The number of nitrogens with zero attached hydrogens (tertiary/aromatic N) is 2. The summed E-state index contributed by atoms with van der Waals surface area (Å²) in [6.45, 7) is 0. The maximum atomic E-state index is 11.8. The second kappa shape index (κ2) is 9.08. The maximum Gasteiger partial charge on any atom is 0.269 e. The number of thiazole rings is 1. The zero-order chi connectivity index (χ0) is 20.9. The normalized spacial score (nSPS) is 18.6. The van der Waals surface area contributed by atoms with Crippen LogP contribution in [-0.2, 0) is 4.79 Å². The summed E-state index contributed by atoms with van der Waals surface area (Å²) in [6.07, 6.45) is 6.57. The second-order valence-corrected chi connectivity index (χ2v) is 8.16. The van der Waals surface area contributed by atoms with Gasteiger partial charge < -0.3 is 20.7 Å². The molecule has 1 aromatic carbocycles. The number of rotatable bonds is 7. The van der Waals surface area contributed by atoms with Crippen LogP contribution in [0.1, 0.15) is 36.2 Å². The summed E-state index contributed by atoms with van der Waals surface area (Å²) < 4.78 is 6.91. The summed E-state index contributed by atoms with van der Waals surface area (Å²) in [5, 5.41) is 9.80. The van der Waals surface area contributed by atoms with Crippen LogP contribution in [0.5, 0.6) is 11.5 Å². The van der Waals surface area contributed by atoms with Crippen LogP contribution in [0.3, 0.4) is 0 Å². The van der Waals surface area contributed by atoms with Crippen molar-refractivity contribution in [2.45, 2.75) is 37.8 Å². The van der Waals surface area contributed by atoms with E-state index in [2.05, 4.69) is 25.9 Å². The maximum absolute atomic E-state index is 11.8. The van der Waals surface area contributed by atoms with Gasteiger partial charge in [-0.1, -0.05) is 24.2 Å². The molecule has 3 N–H and O–H groups in total. The number of aromatic nitrogens is 2. The van der Waals surface area contributed by atoms with Crippen LogP contribution >= 0.6 is 11.3 Å². The Morgan fingerprint density at radius 1 is 1.17 bits per heavy atom. The molecule has 2 aromatic heterocycles. The summed E-state index contributed by atoms with van der Waals surface area (Å²) >= 11 is 1.55. The number of carbonyl (C=O) groups excluding carboxylic acids is 2. The first-order chi connectivity index (χ1) is 14.7. The number of carbonyl (C=O) groups is 2. The SMILES string of the molecule is CNC(=O)c1cc(Oc2ccc3nc(NC4CCCCC4NC=O)sc3c2)ccn1. The molecule has 1 aliphatic carbocycles. The van der Waals surface area contributed by atoms with Gasteiger partial charge in [0.05, 0.1) is 10.2 Å². The average Bonchev–Trinajstić information content (AvgIpc) is 3.16. The third-order valence-corrected chi connectivity index (χ3v) is 6.09. The minimum absolute atomic E-state index is 0.128. The standard InChI is InChI=1S/C21H23N5O3S/c1-22-20(28)18-10-14(8-9-23-18)29-13-6-7-17-19(11-13)30-21(26-17)25-16-5-3-2-4-15(16)24-12-27/h6-12,15-16H,2-5H2,1H3,(H,22,28)(H,24,27)(H,25,26). The molecule has 1 fully saturated rings. The highest BCUT2D eigenvalue weighted by atomic mass is 32.1. The first kappa shape index (κ1) is 20.1. The van der Waals surface area contributed by atoms with Crippen molar-refractivity contribution in [1.82, 2.24) is 20.6 Å². The molecule has 0 aliphatic heterocycles. The van der Waals surface area contributed by atoms with Gasteiger partial charge in [0, 0.05) is 37.5 Å². The molecular formula is C21H23N5O3S. The van der Waals surface area contributed by atoms with E-state index in [4.69, 9.17) is 4.74 Å². The van der Waals surface area contributed by atoms with Gasteiger partial charge in [-0.05, 0) is 31.0 Å². The van der Waals surface area contributed by atoms with Gasteiger partial charge in [-0.15, -0.1) is 0 Å². The first-order valence-corrected chi connectivity index (χ1v) is 10.7. The van der Waals surface area contributed by atoms with Crippen LogP contribution < -0.4 is 20.7 Å². The zero-order valence-corrected chi connectivity index (χ0v) is 17.4. The molecule has 1 aliphatic rings. The van der Waals surface area contributed by atoms with Gasteiger partial charge in [-0.2, -0.15) is 0 Å². The van der Waals surface area contributed by atoms with E-state index in [9.17, 15) is 9.59 Å². The van der Waals surface area contributed by atoms with Crippen molar-refractivity contribution in [3.8, 4) is 11.5 Å². The smallest absolute Gasteiger partial charge is 0.269 e. The minimum atomic E-state index is -0.265. The fourth-order valence-corrected chi connectivity index (χ4v) is 4.60. The fraction of sp³-hybridized carbons (Fsp3) is 0.333. The molecular weight excluding hydrogens is 402 g/mol. The number of benzene rings is 1. The number of pyridine rings is 1. The number of nitrogens with one attached hydrogen (secondary N) is 3. The average molecular weight is 426 g/mol. The Morgan fingerprint density at radius 3 is 2.77 bits per heavy atom. The minimum Gasteiger partial charge on any atom is -0.457 e. The Hall–Kier alpha value is -3.20. The number of hydrogen-bond acceptors (Lipinski definition) is 7. The molecule has 2 amide bonds. The third kappa shape index (κ3) is 4.51. The Kier molecular flexibility index (Phi) is 6.08. The van der Waals surface area contributed by atoms with Crippen molar-refractivity contribution >= 4 is 39.0 Å². The Balaban J connectivity index is 1.50. The lowest BCUT2D eigenvalue weighted by Crippen LogP contribution is -2.45. The van der Waals surface area contributed by atoms with E-state index < -0.39 is 0 Å². The van der Waals surface area contributed by atoms with Gasteiger partial charge in [-0.3, -0.25) is 14.6 Å². The van der Waals surface area contributed by atoms with Crippen LogP contribution in [0.15, 0.2) is 36.5 Å². The van der Waals surface area contributed by atoms with Crippen molar-refractivity contribution in [3.63, 3.8) is 0 Å². The van der Waals surface area contributed by atoms with Crippen molar-refractivity contribution in [2.24, 2.45) is 0 Å². The lowest BCUT2D eigenvalue weighted by molar-refractivity contribution is -0.110. The van der Waals surface area contributed by atoms with Gasteiger partial charge in [0.1, 0.15) is 17.2 Å². The van der Waals surface area contributed by atoms with Gasteiger partial charge in [-0.25, -0.2) is 4.98 Å². The summed E-state index contributed by atoms with van der Waals surface area (Å²) in [5.41, 5.74) is 1.18. The monoisotopic (exact) mass is 425 g/mol. The van der Waals surface area contributed by atoms with E-state index in [0.29, 0.717) is 17.2 Å². The van der Waals surface area contributed by atoms with Crippen LogP contribution in [0.4, 0.5) is 5.13 Å². The van der Waals surface area contributed by atoms with Crippen molar-refractivity contribution in [2.75, 3.05) is 12.4 Å². The molecule has 2 atom stereocenters. The summed E-state index contributed by atoms with van der Waals surface area (Å²) in [7, 11) is 1.56. The lowest BCUT2D eigenvalue weighted by Gasteiger charge is -2.31. The van der Waals surface area contributed by atoms with E-state index >= 15 is 0 Å². The van der Waals surface area contributed by atoms with Crippen LogP contribution in [0, 0.1) is 0 Å². The second-order valence-electron chi connectivity index (χ2n) is 7.13. The quantitative estimate of drug-likeness (QED) is 0.502. The van der Waals surface area contributed by atoms with E-state index in [0.717, 1.165) is 47.4 Å². The molecule has 0 bridgehead atoms. The molecule has 3 aromatic rings. The van der Waals surface area contributed by atoms with E-state index in [1.54, 1.807) is 36.7 Å². The number of anilines is 1. The van der Waals surface area contributed by atoms with Crippen molar-refractivity contribution in [3.05, 3.63) is 42.2 Å². The predicted molar refractivity (Wildman–Crippen MR) is 116 cm³/mol. The van der Waals surface area contributed by atoms with E-state index in [1.165, 1.54) is 0 Å². The number of amides is 2. The molecule has 4 rings (SSSR count). The molecule has 9 heteroatoms. The van der Waals surface area contributed by atoms with E-state index in [1.807, 2.05) is 18.2 Å². The first-order valence-electron chi connectivity index (χ1n) is 9.89. The van der Waals surface area contributed by atoms with Gasteiger partial charge >= 0.3 is 0 Å². The Morgan fingerprint density at radius 2 is 1.97 bits per heavy atom. The number of ether oxygens (including phenoxy) is 1. The van der Waals surface area contributed by atoms with Crippen molar-refractivity contribution < 1.29 is 14.3 Å². The molecule has 0 spiro atoms. The topological polar surface area (TPSA) is 105 Å². The fourth-order valence-electron chi connectivity index (χ4n) is 3.64. The zero-order valence-electron chi connectivity index (χ0n) is 16.6. The molecule has 156 valence electrons. The molecule has 2 unspecified atom stereocenters. The third-order valence-electron chi connectivity index (χ3n) is 5.14. The number of fused-ring (bicyclic) bond motifs is 1. The van der Waals surface area contributed by atoms with E-state index in [-0.39, 0.29) is 18.0 Å². The summed E-state index contributed by atoms with van der Waals surface area (Å²) in [4.78, 5) is 31.4. The summed E-state index contributed by atoms with van der Waals surface area (Å²) in [6, 6.07) is 9.31. The Bertz CT molecular complexity index is 1050. The molecule has 30 heavy (non-hydrogen) atoms. The molecule has 0 saturated heterocycles. The lowest BCUT2D eigenvalue weighted by atomic mass is 9.90. The highest BCUT2D eigenvalue weighted by Gasteiger charge is 2.25. The molecule has 0 radical (unpaired) electrons. The molecule has 2 heterocycles. The van der Waals surface area contributed by atoms with Crippen LogP contribution in [-0.4, -0.2) is 41.4 Å². The predicted octanol–water partition coefficient (Wildman–Crippen LogP) is 3.31. The van der Waals surface area contributed by atoms with Gasteiger partial charge in [0.15, 0.2) is 5.13 Å². The molecule has 8 nitrogen and oxygen atoms in total. The van der Waals surface area contributed by atoms with Gasteiger partial charge in [0.2, 0.25) is 6.41 Å². The largest absolute Gasteiger partial charge is 0.457 e. The van der Waals surface area contributed by atoms with Crippen molar-refractivity contribution in [1.29, 1.82) is 0 Å². The number of hydrogen-bond donors (Lipinski definition) is 3. The van der Waals surface area contributed by atoms with Crippen LogP contribution in [0.2, 0.25) is 0 Å². The molecule has 1 saturated carbocycles.